The van der Waals surface area contributed by atoms with Gasteiger partial charge in [-0.25, -0.2) is 0 Å². The summed E-state index contributed by atoms with van der Waals surface area (Å²) >= 11 is 0. The van der Waals surface area contributed by atoms with Crippen molar-refractivity contribution < 1.29 is 19.7 Å². The van der Waals surface area contributed by atoms with Gasteiger partial charge in [-0.15, -0.1) is 0 Å². The molecular formula is C10H21NO4. The molecule has 90 valence electrons. The second-order valence-electron chi connectivity index (χ2n) is 4.45. The van der Waals surface area contributed by atoms with Gasteiger partial charge in [-0.2, -0.15) is 0 Å². The molecule has 0 aromatic heterocycles. The lowest BCUT2D eigenvalue weighted by Gasteiger charge is -2.25. The first kappa shape index (κ1) is 12.9. The van der Waals surface area contributed by atoms with E-state index in [1.165, 1.54) is 0 Å². The summed E-state index contributed by atoms with van der Waals surface area (Å²) in [5.41, 5.74) is 5.87. The van der Waals surface area contributed by atoms with Crippen molar-refractivity contribution in [1.29, 1.82) is 0 Å². The molecule has 0 amide bonds. The first-order valence-corrected chi connectivity index (χ1v) is 5.30. The van der Waals surface area contributed by atoms with Gasteiger partial charge in [0, 0.05) is 12.5 Å². The van der Waals surface area contributed by atoms with E-state index >= 15 is 0 Å². The van der Waals surface area contributed by atoms with Gasteiger partial charge >= 0.3 is 0 Å². The van der Waals surface area contributed by atoms with Crippen molar-refractivity contribution in [2.45, 2.75) is 50.7 Å². The highest BCUT2D eigenvalue weighted by Gasteiger charge is 2.36. The first-order valence-electron chi connectivity index (χ1n) is 5.30. The second kappa shape index (κ2) is 5.23. The molecule has 15 heavy (non-hydrogen) atoms. The molecule has 5 nitrogen and oxygen atoms in total. The first-order chi connectivity index (χ1) is 6.92. The van der Waals surface area contributed by atoms with E-state index in [1.807, 2.05) is 0 Å². The quantitative estimate of drug-likeness (QED) is 0.548. The van der Waals surface area contributed by atoms with Gasteiger partial charge in [-0.1, -0.05) is 0 Å². The average Bonchev–Trinajstić information content (AvgIpc) is 2.41. The molecule has 1 rings (SSSR count). The minimum absolute atomic E-state index is 0.0166. The van der Waals surface area contributed by atoms with E-state index in [0.717, 1.165) is 0 Å². The molecule has 3 unspecified atom stereocenters. The molecular weight excluding hydrogens is 198 g/mol. The highest BCUT2D eigenvalue weighted by atomic mass is 16.6. The number of aliphatic hydroxyl groups excluding tert-OH is 1. The van der Waals surface area contributed by atoms with Crippen LogP contribution in [0.5, 0.6) is 0 Å². The SMILES string of the molecule is CC(C)(O)OC1CC(OCCO)CC1N. The fraction of sp³-hybridized carbons (Fsp3) is 1.00. The van der Waals surface area contributed by atoms with E-state index in [-0.39, 0.29) is 24.9 Å². The summed E-state index contributed by atoms with van der Waals surface area (Å²) in [4.78, 5) is 0. The number of hydrogen-bond donors (Lipinski definition) is 3. The third kappa shape index (κ3) is 4.44. The van der Waals surface area contributed by atoms with Crippen LogP contribution in [-0.2, 0) is 9.47 Å². The smallest absolute Gasteiger partial charge is 0.160 e. The maximum Gasteiger partial charge on any atom is 0.160 e. The van der Waals surface area contributed by atoms with E-state index in [2.05, 4.69) is 0 Å². The van der Waals surface area contributed by atoms with Crippen LogP contribution >= 0.6 is 0 Å². The topological polar surface area (TPSA) is 84.9 Å². The van der Waals surface area contributed by atoms with Gasteiger partial charge in [-0.3, -0.25) is 0 Å². The monoisotopic (exact) mass is 219 g/mol. The summed E-state index contributed by atoms with van der Waals surface area (Å²) in [6.07, 6.45) is 1.24. The minimum atomic E-state index is -1.16. The number of aliphatic hydroxyl groups is 2. The van der Waals surface area contributed by atoms with Crippen molar-refractivity contribution in [2.75, 3.05) is 13.2 Å². The number of ether oxygens (including phenoxy) is 2. The van der Waals surface area contributed by atoms with Crippen LogP contribution in [-0.4, -0.2) is 47.5 Å². The Morgan fingerprint density at radius 1 is 1.40 bits per heavy atom. The number of rotatable bonds is 5. The Morgan fingerprint density at radius 3 is 2.60 bits per heavy atom. The molecule has 4 N–H and O–H groups in total. The molecule has 0 aliphatic heterocycles. The molecule has 0 spiro atoms. The zero-order valence-electron chi connectivity index (χ0n) is 9.35. The van der Waals surface area contributed by atoms with Crippen molar-refractivity contribution >= 4 is 0 Å². The molecule has 5 heteroatoms. The number of nitrogens with two attached hydrogens (primary N) is 1. The standard InChI is InChI=1S/C10H21NO4/c1-10(2,13)15-9-6-7(5-8(9)11)14-4-3-12/h7-9,12-13H,3-6,11H2,1-2H3. The van der Waals surface area contributed by atoms with Gasteiger partial charge < -0.3 is 25.4 Å². The lowest BCUT2D eigenvalue weighted by molar-refractivity contribution is -0.207. The molecule has 0 saturated heterocycles. The number of hydrogen-bond acceptors (Lipinski definition) is 5. The van der Waals surface area contributed by atoms with Crippen molar-refractivity contribution in [2.24, 2.45) is 5.73 Å². The predicted molar refractivity (Wildman–Crippen MR) is 55.2 cm³/mol. The summed E-state index contributed by atoms with van der Waals surface area (Å²) in [6.45, 7) is 3.51. The fourth-order valence-electron chi connectivity index (χ4n) is 1.85. The summed E-state index contributed by atoms with van der Waals surface area (Å²) in [6, 6.07) is -0.111. The van der Waals surface area contributed by atoms with Gasteiger partial charge in [0.2, 0.25) is 0 Å². The highest BCUT2D eigenvalue weighted by Crippen LogP contribution is 2.26. The lowest BCUT2D eigenvalue weighted by Crippen LogP contribution is -2.38. The largest absolute Gasteiger partial charge is 0.394 e. The fourth-order valence-corrected chi connectivity index (χ4v) is 1.85. The molecule has 1 aliphatic carbocycles. The van der Waals surface area contributed by atoms with Crippen molar-refractivity contribution in [3.05, 3.63) is 0 Å². The van der Waals surface area contributed by atoms with Crippen LogP contribution in [0.25, 0.3) is 0 Å². The average molecular weight is 219 g/mol. The molecule has 3 atom stereocenters. The summed E-state index contributed by atoms with van der Waals surface area (Å²) in [5.74, 6) is -1.16. The molecule has 1 saturated carbocycles. The normalized spacial score (nSPS) is 32.2. The van der Waals surface area contributed by atoms with Crippen LogP contribution in [0.15, 0.2) is 0 Å². The second-order valence-corrected chi connectivity index (χ2v) is 4.45. The Hall–Kier alpha value is -0.200. The Kier molecular flexibility index (Phi) is 4.48. The van der Waals surface area contributed by atoms with Gasteiger partial charge in [0.1, 0.15) is 0 Å². The Bertz CT molecular complexity index is 192. The molecule has 0 aromatic rings. The van der Waals surface area contributed by atoms with Gasteiger partial charge in [0.25, 0.3) is 0 Å². The zero-order valence-corrected chi connectivity index (χ0v) is 9.35. The van der Waals surface area contributed by atoms with E-state index < -0.39 is 5.79 Å². The summed E-state index contributed by atoms with van der Waals surface area (Å²) in [7, 11) is 0. The molecule has 0 bridgehead atoms. The minimum Gasteiger partial charge on any atom is -0.394 e. The van der Waals surface area contributed by atoms with Crippen LogP contribution in [0.4, 0.5) is 0 Å². The van der Waals surface area contributed by atoms with E-state index in [0.29, 0.717) is 19.4 Å². The molecule has 0 radical (unpaired) electrons. The summed E-state index contributed by atoms with van der Waals surface area (Å²) in [5, 5.41) is 18.1. The predicted octanol–water partition coefficient (Wildman–Crippen LogP) is -0.401. The van der Waals surface area contributed by atoms with Crippen LogP contribution in [0.3, 0.4) is 0 Å². The third-order valence-corrected chi connectivity index (χ3v) is 2.39. The van der Waals surface area contributed by atoms with E-state index in [9.17, 15) is 5.11 Å². The van der Waals surface area contributed by atoms with Crippen molar-refractivity contribution in [1.82, 2.24) is 0 Å². The lowest BCUT2D eigenvalue weighted by atomic mass is 10.2. The maximum absolute atomic E-state index is 9.50. The summed E-state index contributed by atoms with van der Waals surface area (Å²) < 4.78 is 10.8. The molecule has 0 aromatic carbocycles. The Labute approximate surface area is 90.2 Å². The third-order valence-electron chi connectivity index (χ3n) is 2.39. The van der Waals surface area contributed by atoms with Crippen LogP contribution < -0.4 is 5.73 Å². The van der Waals surface area contributed by atoms with Crippen molar-refractivity contribution in [3.8, 4) is 0 Å². The maximum atomic E-state index is 9.50. The molecule has 0 heterocycles. The van der Waals surface area contributed by atoms with Gasteiger partial charge in [0.15, 0.2) is 5.79 Å². The zero-order chi connectivity index (χ0) is 11.5. The highest BCUT2D eigenvalue weighted by molar-refractivity contribution is 4.88. The van der Waals surface area contributed by atoms with Gasteiger partial charge in [0.05, 0.1) is 25.4 Å². The molecule has 1 fully saturated rings. The Balaban J connectivity index is 2.35. The van der Waals surface area contributed by atoms with Crippen LogP contribution in [0, 0.1) is 0 Å². The van der Waals surface area contributed by atoms with E-state index in [4.69, 9.17) is 20.3 Å². The van der Waals surface area contributed by atoms with Crippen molar-refractivity contribution in [3.63, 3.8) is 0 Å². The van der Waals surface area contributed by atoms with E-state index in [1.54, 1.807) is 13.8 Å². The van der Waals surface area contributed by atoms with Gasteiger partial charge in [-0.05, 0) is 20.3 Å². The molecule has 1 aliphatic rings. The van der Waals surface area contributed by atoms with Crippen LogP contribution in [0.2, 0.25) is 0 Å². The Morgan fingerprint density at radius 2 is 2.07 bits per heavy atom. The van der Waals surface area contributed by atoms with Crippen LogP contribution in [0.1, 0.15) is 26.7 Å².